The second-order valence-corrected chi connectivity index (χ2v) is 7.44. The van der Waals surface area contributed by atoms with Crippen LogP contribution in [-0.4, -0.2) is 37.2 Å². The van der Waals surface area contributed by atoms with Crippen molar-refractivity contribution in [2.45, 2.75) is 39.3 Å². The lowest BCUT2D eigenvalue weighted by atomic mass is 10.1. The van der Waals surface area contributed by atoms with Crippen molar-refractivity contribution in [1.29, 1.82) is 0 Å². The van der Waals surface area contributed by atoms with Gasteiger partial charge in [0.15, 0.2) is 0 Å². The van der Waals surface area contributed by atoms with Crippen molar-refractivity contribution in [3.05, 3.63) is 27.7 Å². The molecule has 0 aliphatic carbocycles. The van der Waals surface area contributed by atoms with Crippen molar-refractivity contribution in [3.63, 3.8) is 0 Å². The Bertz CT molecular complexity index is 504. The SMILES string of the molecule is CC(C)N1CCC(CNCc2cc(Br)cc3c2OCC3)C1. The molecule has 0 bridgehead atoms. The number of nitrogens with zero attached hydrogens (tertiary/aromatic N) is 1. The zero-order valence-corrected chi connectivity index (χ0v) is 14.6. The number of halogens is 1. The van der Waals surface area contributed by atoms with Gasteiger partial charge in [-0.15, -0.1) is 0 Å². The summed E-state index contributed by atoms with van der Waals surface area (Å²) >= 11 is 3.61. The van der Waals surface area contributed by atoms with E-state index in [0.717, 1.165) is 42.3 Å². The molecule has 1 atom stereocenters. The maximum Gasteiger partial charge on any atom is 0.127 e. The molecule has 0 amide bonds. The minimum atomic E-state index is 0.678. The number of hydrogen-bond donors (Lipinski definition) is 1. The fraction of sp³-hybridized carbons (Fsp3) is 0.647. The van der Waals surface area contributed by atoms with Gasteiger partial charge in [-0.2, -0.15) is 0 Å². The first-order valence-electron chi connectivity index (χ1n) is 8.02. The number of likely N-dealkylation sites (tertiary alicyclic amines) is 1. The van der Waals surface area contributed by atoms with Crippen LogP contribution in [0.4, 0.5) is 0 Å². The molecule has 2 heterocycles. The summed E-state index contributed by atoms with van der Waals surface area (Å²) in [4.78, 5) is 2.58. The van der Waals surface area contributed by atoms with E-state index < -0.39 is 0 Å². The normalized spacial score (nSPS) is 21.8. The molecular weight excluding hydrogens is 328 g/mol. The van der Waals surface area contributed by atoms with Gasteiger partial charge in [-0.1, -0.05) is 15.9 Å². The smallest absolute Gasteiger partial charge is 0.127 e. The van der Waals surface area contributed by atoms with E-state index in [4.69, 9.17) is 4.74 Å². The third-order valence-electron chi connectivity index (χ3n) is 4.62. The number of rotatable bonds is 5. The molecule has 0 saturated carbocycles. The fourth-order valence-corrected chi connectivity index (χ4v) is 3.94. The standard InChI is InChI=1S/C17H25BrN2O/c1-12(2)20-5-3-13(11-20)9-19-10-15-8-16(18)7-14-4-6-21-17(14)15/h7-8,12-13,19H,3-6,9-11H2,1-2H3. The molecule has 2 aliphatic heterocycles. The lowest BCUT2D eigenvalue weighted by Crippen LogP contribution is -2.30. The zero-order valence-electron chi connectivity index (χ0n) is 13.0. The summed E-state index contributed by atoms with van der Waals surface area (Å²) in [6, 6.07) is 5.05. The van der Waals surface area contributed by atoms with Crippen molar-refractivity contribution >= 4 is 15.9 Å². The maximum atomic E-state index is 5.79. The summed E-state index contributed by atoms with van der Waals surface area (Å²) in [7, 11) is 0. The Morgan fingerprint density at radius 2 is 2.29 bits per heavy atom. The van der Waals surface area contributed by atoms with Crippen LogP contribution < -0.4 is 10.1 Å². The average Bonchev–Trinajstić information content (AvgIpc) is 3.06. The van der Waals surface area contributed by atoms with E-state index in [-0.39, 0.29) is 0 Å². The van der Waals surface area contributed by atoms with Crippen LogP contribution in [0.15, 0.2) is 16.6 Å². The summed E-state index contributed by atoms with van der Waals surface area (Å²) in [6.45, 7) is 9.89. The molecule has 2 aliphatic rings. The van der Waals surface area contributed by atoms with E-state index in [0.29, 0.717) is 6.04 Å². The van der Waals surface area contributed by atoms with Crippen LogP contribution in [0, 0.1) is 5.92 Å². The van der Waals surface area contributed by atoms with Crippen molar-refractivity contribution in [2.75, 3.05) is 26.2 Å². The van der Waals surface area contributed by atoms with E-state index in [2.05, 4.69) is 52.1 Å². The second kappa shape index (κ2) is 6.67. The summed E-state index contributed by atoms with van der Waals surface area (Å²) in [5.74, 6) is 1.90. The minimum Gasteiger partial charge on any atom is -0.493 e. The minimum absolute atomic E-state index is 0.678. The maximum absolute atomic E-state index is 5.79. The Hall–Kier alpha value is -0.580. The quantitative estimate of drug-likeness (QED) is 0.880. The van der Waals surface area contributed by atoms with Crippen LogP contribution >= 0.6 is 15.9 Å². The van der Waals surface area contributed by atoms with Crippen LogP contribution in [0.5, 0.6) is 5.75 Å². The largest absolute Gasteiger partial charge is 0.493 e. The average molecular weight is 353 g/mol. The highest BCUT2D eigenvalue weighted by molar-refractivity contribution is 9.10. The summed E-state index contributed by atoms with van der Waals surface area (Å²) in [5, 5.41) is 3.63. The van der Waals surface area contributed by atoms with Crippen molar-refractivity contribution in [2.24, 2.45) is 5.92 Å². The monoisotopic (exact) mass is 352 g/mol. The van der Waals surface area contributed by atoms with E-state index in [9.17, 15) is 0 Å². The number of fused-ring (bicyclic) bond motifs is 1. The van der Waals surface area contributed by atoms with Crippen LogP contribution in [0.1, 0.15) is 31.4 Å². The van der Waals surface area contributed by atoms with E-state index in [1.165, 1.54) is 30.6 Å². The molecule has 116 valence electrons. The molecule has 1 unspecified atom stereocenters. The van der Waals surface area contributed by atoms with Gasteiger partial charge in [0.05, 0.1) is 6.61 Å². The zero-order chi connectivity index (χ0) is 14.8. The molecule has 4 heteroatoms. The predicted octanol–water partition coefficient (Wildman–Crippen LogP) is 3.20. The molecule has 1 saturated heterocycles. The Morgan fingerprint density at radius 1 is 1.43 bits per heavy atom. The van der Waals surface area contributed by atoms with Gasteiger partial charge in [-0.25, -0.2) is 0 Å². The number of hydrogen-bond acceptors (Lipinski definition) is 3. The van der Waals surface area contributed by atoms with Crippen LogP contribution in [0.25, 0.3) is 0 Å². The van der Waals surface area contributed by atoms with Gasteiger partial charge in [0, 0.05) is 35.6 Å². The predicted molar refractivity (Wildman–Crippen MR) is 89.9 cm³/mol. The third-order valence-corrected chi connectivity index (χ3v) is 5.08. The third kappa shape index (κ3) is 3.61. The molecule has 1 aromatic carbocycles. The number of benzene rings is 1. The highest BCUT2D eigenvalue weighted by Crippen LogP contribution is 2.33. The summed E-state index contributed by atoms with van der Waals surface area (Å²) < 4.78 is 6.95. The van der Waals surface area contributed by atoms with E-state index in [1.54, 1.807) is 0 Å². The molecule has 0 spiro atoms. The summed E-state index contributed by atoms with van der Waals surface area (Å²) in [5.41, 5.74) is 2.63. The molecule has 3 rings (SSSR count). The number of ether oxygens (including phenoxy) is 1. The second-order valence-electron chi connectivity index (χ2n) is 6.53. The Morgan fingerprint density at radius 3 is 3.05 bits per heavy atom. The molecule has 1 aromatic rings. The molecule has 3 nitrogen and oxygen atoms in total. The summed E-state index contributed by atoms with van der Waals surface area (Å²) in [6.07, 6.45) is 2.35. The van der Waals surface area contributed by atoms with E-state index in [1.807, 2.05) is 0 Å². The molecular formula is C17H25BrN2O. The Kier molecular flexibility index (Phi) is 4.87. The first kappa shape index (κ1) is 15.3. The lowest BCUT2D eigenvalue weighted by Gasteiger charge is -2.20. The molecule has 0 aromatic heterocycles. The van der Waals surface area contributed by atoms with Crippen LogP contribution in [-0.2, 0) is 13.0 Å². The molecule has 1 N–H and O–H groups in total. The first-order chi connectivity index (χ1) is 10.1. The Labute approximate surface area is 136 Å². The van der Waals surface area contributed by atoms with Gasteiger partial charge in [0.2, 0.25) is 0 Å². The van der Waals surface area contributed by atoms with Crippen LogP contribution in [0.2, 0.25) is 0 Å². The van der Waals surface area contributed by atoms with Gasteiger partial charge in [0.25, 0.3) is 0 Å². The van der Waals surface area contributed by atoms with Gasteiger partial charge < -0.3 is 15.0 Å². The van der Waals surface area contributed by atoms with Crippen LogP contribution in [0.3, 0.4) is 0 Å². The fourth-order valence-electron chi connectivity index (χ4n) is 3.39. The highest BCUT2D eigenvalue weighted by atomic mass is 79.9. The first-order valence-corrected chi connectivity index (χ1v) is 8.81. The molecule has 1 fully saturated rings. The topological polar surface area (TPSA) is 24.5 Å². The van der Waals surface area contributed by atoms with Gasteiger partial charge in [0.1, 0.15) is 5.75 Å². The Balaban J connectivity index is 1.53. The molecule has 0 radical (unpaired) electrons. The van der Waals surface area contributed by atoms with Crippen molar-refractivity contribution < 1.29 is 4.74 Å². The molecule has 21 heavy (non-hydrogen) atoms. The number of nitrogens with one attached hydrogen (secondary N) is 1. The highest BCUT2D eigenvalue weighted by Gasteiger charge is 2.24. The van der Waals surface area contributed by atoms with E-state index >= 15 is 0 Å². The van der Waals surface area contributed by atoms with Gasteiger partial charge in [-0.05, 0) is 57.0 Å². The van der Waals surface area contributed by atoms with Gasteiger partial charge >= 0.3 is 0 Å². The van der Waals surface area contributed by atoms with Crippen molar-refractivity contribution in [1.82, 2.24) is 10.2 Å². The van der Waals surface area contributed by atoms with Crippen molar-refractivity contribution in [3.8, 4) is 5.75 Å². The lowest BCUT2D eigenvalue weighted by molar-refractivity contribution is 0.264. The van der Waals surface area contributed by atoms with Gasteiger partial charge in [-0.3, -0.25) is 0 Å².